The summed E-state index contributed by atoms with van der Waals surface area (Å²) in [5.74, 6) is -0.215. The fraction of sp³-hybridized carbons (Fsp3) is 0.100. The molecule has 0 unspecified atom stereocenters. The first-order chi connectivity index (χ1) is 11.7. The highest BCUT2D eigenvalue weighted by molar-refractivity contribution is 5.92. The maximum absolute atomic E-state index is 14.0. The first-order valence-corrected chi connectivity index (χ1v) is 7.84. The molecule has 0 amide bonds. The lowest BCUT2D eigenvalue weighted by Crippen LogP contribution is -2.03. The Bertz CT molecular complexity index is 1020. The summed E-state index contributed by atoms with van der Waals surface area (Å²) < 4.78 is 15.8. The maximum atomic E-state index is 14.0. The monoisotopic (exact) mass is 317 g/mol. The van der Waals surface area contributed by atoms with E-state index < -0.39 is 0 Å². The minimum Gasteiger partial charge on any atom is -0.260 e. The molecule has 0 aliphatic carbocycles. The molecule has 0 bridgehead atoms. The quantitative estimate of drug-likeness (QED) is 0.553. The third kappa shape index (κ3) is 2.56. The molecule has 0 atom stereocenters. The van der Waals surface area contributed by atoms with Gasteiger partial charge in [0.25, 0.3) is 0 Å². The molecule has 2 aromatic heterocycles. The van der Waals surface area contributed by atoms with Crippen molar-refractivity contribution in [2.75, 3.05) is 0 Å². The topological polar surface area (TPSA) is 30.7 Å². The number of benzene rings is 2. The van der Waals surface area contributed by atoms with Crippen LogP contribution < -0.4 is 0 Å². The number of hydrogen-bond donors (Lipinski definition) is 0. The van der Waals surface area contributed by atoms with Gasteiger partial charge in [-0.1, -0.05) is 36.4 Å². The van der Waals surface area contributed by atoms with Crippen molar-refractivity contribution in [1.82, 2.24) is 14.8 Å². The Balaban J connectivity index is 1.87. The summed E-state index contributed by atoms with van der Waals surface area (Å²) in [7, 11) is 0. The van der Waals surface area contributed by atoms with Gasteiger partial charge in [0.1, 0.15) is 11.5 Å². The summed E-state index contributed by atoms with van der Waals surface area (Å²) >= 11 is 0. The third-order valence-electron chi connectivity index (χ3n) is 4.09. The van der Waals surface area contributed by atoms with E-state index in [1.807, 2.05) is 54.1 Å². The van der Waals surface area contributed by atoms with Crippen molar-refractivity contribution in [1.29, 1.82) is 0 Å². The predicted molar refractivity (Wildman–Crippen MR) is 93.2 cm³/mol. The molecule has 0 N–H and O–H groups in total. The Kier molecular flexibility index (Phi) is 3.58. The van der Waals surface area contributed by atoms with Gasteiger partial charge in [0, 0.05) is 17.1 Å². The van der Waals surface area contributed by atoms with Crippen molar-refractivity contribution < 1.29 is 4.39 Å². The molecule has 4 rings (SSSR count). The molecule has 0 saturated carbocycles. The molecule has 2 aromatic carbocycles. The normalized spacial score (nSPS) is 11.1. The van der Waals surface area contributed by atoms with Crippen LogP contribution in [0, 0.1) is 12.7 Å². The van der Waals surface area contributed by atoms with Crippen molar-refractivity contribution in [3.63, 3.8) is 0 Å². The van der Waals surface area contributed by atoms with Gasteiger partial charge in [-0.2, -0.15) is 5.10 Å². The van der Waals surface area contributed by atoms with Crippen LogP contribution in [0.2, 0.25) is 0 Å². The number of aromatic nitrogens is 3. The van der Waals surface area contributed by atoms with E-state index >= 15 is 0 Å². The van der Waals surface area contributed by atoms with Crippen molar-refractivity contribution >= 4 is 10.9 Å². The smallest absolute Gasteiger partial charge is 0.128 e. The van der Waals surface area contributed by atoms with Crippen molar-refractivity contribution in [2.45, 2.75) is 13.5 Å². The molecule has 0 aliphatic heterocycles. The highest BCUT2D eigenvalue weighted by Crippen LogP contribution is 2.27. The van der Waals surface area contributed by atoms with Crippen LogP contribution in [-0.4, -0.2) is 14.8 Å². The summed E-state index contributed by atoms with van der Waals surface area (Å²) in [5.41, 5.74) is 4.38. The van der Waals surface area contributed by atoms with Gasteiger partial charge in [-0.3, -0.25) is 9.67 Å². The van der Waals surface area contributed by atoms with Crippen LogP contribution in [0.15, 0.2) is 66.9 Å². The number of aryl methyl sites for hydroxylation is 1. The number of pyridine rings is 1. The number of nitrogens with zero attached hydrogens (tertiary/aromatic N) is 3. The van der Waals surface area contributed by atoms with E-state index in [1.165, 1.54) is 6.07 Å². The zero-order valence-corrected chi connectivity index (χ0v) is 13.3. The molecular weight excluding hydrogens is 301 g/mol. The molecule has 0 aliphatic rings. The maximum Gasteiger partial charge on any atom is 0.128 e. The van der Waals surface area contributed by atoms with E-state index in [-0.39, 0.29) is 5.82 Å². The van der Waals surface area contributed by atoms with E-state index in [1.54, 1.807) is 18.3 Å². The van der Waals surface area contributed by atoms with E-state index in [0.29, 0.717) is 12.1 Å². The van der Waals surface area contributed by atoms with Gasteiger partial charge in [0.2, 0.25) is 0 Å². The fourth-order valence-electron chi connectivity index (χ4n) is 2.89. The molecular formula is C20H16FN3. The summed E-state index contributed by atoms with van der Waals surface area (Å²) in [6.45, 7) is 2.42. The average Bonchev–Trinajstić information content (AvgIpc) is 2.96. The summed E-state index contributed by atoms with van der Waals surface area (Å²) in [4.78, 5) is 4.45. The Morgan fingerprint density at radius 3 is 2.62 bits per heavy atom. The Labute approximate surface area is 139 Å². The minimum absolute atomic E-state index is 0.215. The summed E-state index contributed by atoms with van der Waals surface area (Å²) in [6.07, 6.45) is 1.79. The van der Waals surface area contributed by atoms with Gasteiger partial charge < -0.3 is 0 Å². The van der Waals surface area contributed by atoms with Crippen LogP contribution in [0.5, 0.6) is 0 Å². The highest BCUT2D eigenvalue weighted by Gasteiger charge is 2.14. The molecule has 118 valence electrons. The van der Waals surface area contributed by atoms with Gasteiger partial charge in [0.15, 0.2) is 0 Å². The van der Waals surface area contributed by atoms with Gasteiger partial charge in [-0.15, -0.1) is 0 Å². The third-order valence-corrected chi connectivity index (χ3v) is 4.09. The van der Waals surface area contributed by atoms with Crippen molar-refractivity contribution in [3.8, 4) is 11.4 Å². The van der Waals surface area contributed by atoms with Crippen molar-refractivity contribution in [3.05, 3.63) is 83.8 Å². The Hall–Kier alpha value is -3.01. The summed E-state index contributed by atoms with van der Waals surface area (Å²) in [5, 5.41) is 5.74. The van der Waals surface area contributed by atoms with Crippen LogP contribution in [0.1, 0.15) is 11.1 Å². The van der Waals surface area contributed by atoms with E-state index in [9.17, 15) is 4.39 Å². The van der Waals surface area contributed by atoms with Gasteiger partial charge >= 0.3 is 0 Å². The molecule has 4 heteroatoms. The lowest BCUT2D eigenvalue weighted by Gasteiger charge is -2.04. The zero-order chi connectivity index (χ0) is 16.5. The zero-order valence-electron chi connectivity index (χ0n) is 13.3. The van der Waals surface area contributed by atoms with Crippen LogP contribution >= 0.6 is 0 Å². The Morgan fingerprint density at radius 2 is 1.79 bits per heavy atom. The second kappa shape index (κ2) is 5.89. The van der Waals surface area contributed by atoms with Crippen LogP contribution in [-0.2, 0) is 6.54 Å². The average molecular weight is 317 g/mol. The molecule has 2 heterocycles. The molecule has 0 fully saturated rings. The fourth-order valence-corrected chi connectivity index (χ4v) is 2.89. The molecule has 24 heavy (non-hydrogen) atoms. The number of para-hydroxylation sites is 1. The van der Waals surface area contributed by atoms with E-state index in [0.717, 1.165) is 27.9 Å². The van der Waals surface area contributed by atoms with Gasteiger partial charge in [0.05, 0.1) is 17.8 Å². The molecule has 0 saturated heterocycles. The predicted octanol–water partition coefficient (Wildman–Crippen LogP) is 4.59. The van der Waals surface area contributed by atoms with E-state index in [4.69, 9.17) is 5.10 Å². The number of halogens is 1. The van der Waals surface area contributed by atoms with Gasteiger partial charge in [-0.25, -0.2) is 4.39 Å². The first kappa shape index (κ1) is 14.6. The first-order valence-electron chi connectivity index (χ1n) is 7.84. The van der Waals surface area contributed by atoms with Crippen LogP contribution in [0.4, 0.5) is 4.39 Å². The number of rotatable bonds is 3. The van der Waals surface area contributed by atoms with Crippen molar-refractivity contribution in [2.24, 2.45) is 0 Å². The highest BCUT2D eigenvalue weighted by atomic mass is 19.1. The second-order valence-electron chi connectivity index (χ2n) is 5.83. The standard InChI is InChI=1S/C20H16FN3/c1-14-10-11-22-18(12-14)20-16-7-3-5-9-19(16)24(23-20)13-15-6-2-4-8-17(15)21/h2-12H,13H2,1H3. The number of fused-ring (bicyclic) bond motifs is 1. The molecule has 0 radical (unpaired) electrons. The van der Waals surface area contributed by atoms with E-state index in [2.05, 4.69) is 4.98 Å². The molecule has 0 spiro atoms. The number of hydrogen-bond acceptors (Lipinski definition) is 2. The summed E-state index contributed by atoms with van der Waals surface area (Å²) in [6, 6.07) is 18.8. The van der Waals surface area contributed by atoms with Crippen LogP contribution in [0.3, 0.4) is 0 Å². The van der Waals surface area contributed by atoms with Gasteiger partial charge in [-0.05, 0) is 36.8 Å². The lowest BCUT2D eigenvalue weighted by molar-refractivity contribution is 0.591. The molecule has 3 nitrogen and oxygen atoms in total. The largest absolute Gasteiger partial charge is 0.260 e. The Morgan fingerprint density at radius 1 is 1.00 bits per heavy atom. The second-order valence-corrected chi connectivity index (χ2v) is 5.83. The molecule has 4 aromatic rings. The SMILES string of the molecule is Cc1ccnc(-c2nn(Cc3ccccc3F)c3ccccc23)c1. The van der Waals surface area contributed by atoms with Crippen LogP contribution in [0.25, 0.3) is 22.3 Å². The lowest BCUT2D eigenvalue weighted by atomic mass is 10.1. The minimum atomic E-state index is -0.215.